The molecule has 1 nitrogen and oxygen atoms in total. The third-order valence-corrected chi connectivity index (χ3v) is 2.68. The topological polar surface area (TPSA) is 20.2 Å². The molecule has 1 aliphatic rings. The van der Waals surface area contributed by atoms with Gasteiger partial charge in [-0.25, -0.2) is 0 Å². The third-order valence-electron chi connectivity index (χ3n) is 2.68. The standard InChI is InChI=1S/C12H18O/c1-9-6-4-5-7-12(9)8-10(2)11(3)13/h4-5,7,9-10,13H,3,6,8H2,1-2H3. The van der Waals surface area contributed by atoms with Crippen LogP contribution in [0.25, 0.3) is 0 Å². The summed E-state index contributed by atoms with van der Waals surface area (Å²) in [5.74, 6) is 1.09. The summed E-state index contributed by atoms with van der Waals surface area (Å²) in [6.45, 7) is 7.79. The highest BCUT2D eigenvalue weighted by Crippen LogP contribution is 2.27. The van der Waals surface area contributed by atoms with E-state index in [2.05, 4.69) is 31.7 Å². The summed E-state index contributed by atoms with van der Waals surface area (Å²) in [6, 6.07) is 0. The predicted octanol–water partition coefficient (Wildman–Crippen LogP) is 3.61. The minimum atomic E-state index is 0.181. The van der Waals surface area contributed by atoms with Gasteiger partial charge >= 0.3 is 0 Å². The van der Waals surface area contributed by atoms with Crippen LogP contribution in [0.1, 0.15) is 26.7 Å². The summed E-state index contributed by atoms with van der Waals surface area (Å²) in [7, 11) is 0. The fourth-order valence-corrected chi connectivity index (χ4v) is 1.53. The first-order chi connectivity index (χ1) is 6.11. The van der Waals surface area contributed by atoms with Gasteiger partial charge in [0.15, 0.2) is 0 Å². The number of hydrogen-bond acceptors (Lipinski definition) is 1. The Labute approximate surface area is 80.5 Å². The molecule has 1 aliphatic carbocycles. The van der Waals surface area contributed by atoms with E-state index in [1.807, 2.05) is 6.92 Å². The number of aliphatic hydroxyl groups excluding tert-OH is 1. The Hall–Kier alpha value is -0.980. The van der Waals surface area contributed by atoms with Gasteiger partial charge in [0.05, 0.1) is 5.76 Å². The van der Waals surface area contributed by atoms with E-state index in [-0.39, 0.29) is 5.92 Å². The summed E-state index contributed by atoms with van der Waals surface area (Å²) in [5.41, 5.74) is 1.42. The van der Waals surface area contributed by atoms with Crippen LogP contribution in [0.15, 0.2) is 36.1 Å². The number of aliphatic hydroxyl groups is 1. The van der Waals surface area contributed by atoms with E-state index in [1.54, 1.807) is 0 Å². The largest absolute Gasteiger partial charge is 0.513 e. The normalized spacial score (nSPS) is 23.8. The minimum Gasteiger partial charge on any atom is -0.513 e. The fourth-order valence-electron chi connectivity index (χ4n) is 1.53. The SMILES string of the molecule is C=C(O)C(C)CC1=CC=CCC1C. The van der Waals surface area contributed by atoms with Crippen molar-refractivity contribution in [3.63, 3.8) is 0 Å². The lowest BCUT2D eigenvalue weighted by molar-refractivity contribution is 0.338. The second-order valence-corrected chi connectivity index (χ2v) is 3.90. The van der Waals surface area contributed by atoms with Crippen molar-refractivity contribution < 1.29 is 5.11 Å². The molecular weight excluding hydrogens is 160 g/mol. The zero-order valence-corrected chi connectivity index (χ0v) is 8.46. The van der Waals surface area contributed by atoms with Crippen LogP contribution in [-0.4, -0.2) is 5.11 Å². The van der Waals surface area contributed by atoms with E-state index in [4.69, 9.17) is 0 Å². The van der Waals surface area contributed by atoms with Crippen LogP contribution < -0.4 is 0 Å². The number of allylic oxidation sites excluding steroid dienone is 5. The average molecular weight is 178 g/mol. The Morgan fingerprint density at radius 3 is 3.00 bits per heavy atom. The highest BCUT2D eigenvalue weighted by molar-refractivity contribution is 5.21. The minimum absolute atomic E-state index is 0.181. The van der Waals surface area contributed by atoms with E-state index in [9.17, 15) is 5.11 Å². The van der Waals surface area contributed by atoms with Gasteiger partial charge in [0.2, 0.25) is 0 Å². The van der Waals surface area contributed by atoms with Gasteiger partial charge in [0.25, 0.3) is 0 Å². The molecule has 0 aromatic carbocycles. The molecule has 0 saturated heterocycles. The van der Waals surface area contributed by atoms with Crippen LogP contribution in [0, 0.1) is 11.8 Å². The van der Waals surface area contributed by atoms with E-state index >= 15 is 0 Å². The summed E-state index contributed by atoms with van der Waals surface area (Å²) < 4.78 is 0. The Kier molecular flexibility index (Phi) is 3.35. The molecule has 0 fully saturated rings. The predicted molar refractivity (Wildman–Crippen MR) is 56.6 cm³/mol. The summed E-state index contributed by atoms with van der Waals surface area (Å²) in [6.07, 6.45) is 8.50. The lowest BCUT2D eigenvalue weighted by atomic mass is 9.86. The Morgan fingerprint density at radius 1 is 1.77 bits per heavy atom. The highest BCUT2D eigenvalue weighted by Gasteiger charge is 2.14. The zero-order chi connectivity index (χ0) is 9.84. The van der Waals surface area contributed by atoms with Crippen molar-refractivity contribution in [3.8, 4) is 0 Å². The smallest absolute Gasteiger partial charge is 0.0882 e. The van der Waals surface area contributed by atoms with Crippen molar-refractivity contribution in [2.24, 2.45) is 11.8 Å². The lowest BCUT2D eigenvalue weighted by Gasteiger charge is -2.20. The van der Waals surface area contributed by atoms with Gasteiger partial charge < -0.3 is 5.11 Å². The quantitative estimate of drug-likeness (QED) is 0.654. The van der Waals surface area contributed by atoms with Crippen LogP contribution >= 0.6 is 0 Å². The molecule has 0 aliphatic heterocycles. The molecule has 1 rings (SSSR count). The van der Waals surface area contributed by atoms with Crippen molar-refractivity contribution in [3.05, 3.63) is 36.1 Å². The van der Waals surface area contributed by atoms with E-state index in [0.29, 0.717) is 11.7 Å². The Bertz CT molecular complexity index is 248. The first-order valence-electron chi connectivity index (χ1n) is 4.84. The molecule has 1 heteroatoms. The molecule has 2 atom stereocenters. The van der Waals surface area contributed by atoms with E-state index < -0.39 is 0 Å². The second-order valence-electron chi connectivity index (χ2n) is 3.90. The number of hydrogen-bond donors (Lipinski definition) is 1. The van der Waals surface area contributed by atoms with Crippen molar-refractivity contribution in [2.75, 3.05) is 0 Å². The molecule has 0 aromatic heterocycles. The molecule has 0 bridgehead atoms. The first kappa shape index (κ1) is 10.1. The molecule has 0 heterocycles. The highest BCUT2D eigenvalue weighted by atomic mass is 16.3. The molecule has 0 aromatic rings. The van der Waals surface area contributed by atoms with Gasteiger partial charge in [-0.05, 0) is 18.8 Å². The third kappa shape index (κ3) is 2.76. The molecule has 0 saturated carbocycles. The molecule has 72 valence electrons. The van der Waals surface area contributed by atoms with Gasteiger partial charge in [-0.2, -0.15) is 0 Å². The molecule has 0 spiro atoms. The average Bonchev–Trinajstić information content (AvgIpc) is 2.08. The lowest BCUT2D eigenvalue weighted by Crippen LogP contribution is -2.07. The van der Waals surface area contributed by atoms with E-state index in [0.717, 1.165) is 12.8 Å². The summed E-state index contributed by atoms with van der Waals surface area (Å²) in [5, 5.41) is 9.20. The molecule has 2 unspecified atom stereocenters. The van der Waals surface area contributed by atoms with Crippen LogP contribution in [0.4, 0.5) is 0 Å². The van der Waals surface area contributed by atoms with Crippen LogP contribution in [0.3, 0.4) is 0 Å². The van der Waals surface area contributed by atoms with Gasteiger partial charge in [0, 0.05) is 5.92 Å². The second kappa shape index (κ2) is 4.31. The van der Waals surface area contributed by atoms with Gasteiger partial charge in [-0.1, -0.05) is 44.2 Å². The summed E-state index contributed by atoms with van der Waals surface area (Å²) >= 11 is 0. The monoisotopic (exact) mass is 178 g/mol. The van der Waals surface area contributed by atoms with Gasteiger partial charge in [-0.15, -0.1) is 0 Å². The summed E-state index contributed by atoms with van der Waals surface area (Å²) in [4.78, 5) is 0. The maximum atomic E-state index is 9.20. The molecule has 13 heavy (non-hydrogen) atoms. The first-order valence-corrected chi connectivity index (χ1v) is 4.84. The van der Waals surface area contributed by atoms with Gasteiger partial charge in [-0.3, -0.25) is 0 Å². The maximum absolute atomic E-state index is 9.20. The van der Waals surface area contributed by atoms with Crippen molar-refractivity contribution in [1.29, 1.82) is 0 Å². The number of rotatable bonds is 3. The Balaban J connectivity index is 2.57. The van der Waals surface area contributed by atoms with Crippen molar-refractivity contribution >= 4 is 0 Å². The molecular formula is C12H18O. The van der Waals surface area contributed by atoms with Crippen LogP contribution in [0.2, 0.25) is 0 Å². The fraction of sp³-hybridized carbons (Fsp3) is 0.500. The van der Waals surface area contributed by atoms with E-state index in [1.165, 1.54) is 5.57 Å². The molecule has 0 amide bonds. The van der Waals surface area contributed by atoms with Gasteiger partial charge in [0.1, 0.15) is 0 Å². The zero-order valence-electron chi connectivity index (χ0n) is 8.46. The van der Waals surface area contributed by atoms with Crippen LogP contribution in [0.5, 0.6) is 0 Å². The molecule has 0 radical (unpaired) electrons. The Morgan fingerprint density at radius 2 is 2.46 bits per heavy atom. The van der Waals surface area contributed by atoms with Crippen LogP contribution in [-0.2, 0) is 0 Å². The van der Waals surface area contributed by atoms with Crippen molar-refractivity contribution in [2.45, 2.75) is 26.7 Å². The maximum Gasteiger partial charge on any atom is 0.0882 e. The molecule has 1 N–H and O–H groups in total. The van der Waals surface area contributed by atoms with Crippen molar-refractivity contribution in [1.82, 2.24) is 0 Å².